The normalized spacial score (nSPS) is 18.1. The van der Waals surface area contributed by atoms with E-state index >= 15 is 0 Å². The summed E-state index contributed by atoms with van der Waals surface area (Å²) >= 11 is 0. The van der Waals surface area contributed by atoms with E-state index in [1.54, 1.807) is 13.0 Å². The molecule has 152 valence electrons. The van der Waals surface area contributed by atoms with Gasteiger partial charge in [-0.3, -0.25) is 9.20 Å². The second-order valence-corrected chi connectivity index (χ2v) is 7.07. The molecule has 2 aromatic heterocycles. The lowest BCUT2D eigenvalue weighted by atomic mass is 10.0. The summed E-state index contributed by atoms with van der Waals surface area (Å²) < 4.78 is 72.9. The van der Waals surface area contributed by atoms with E-state index in [4.69, 9.17) is 4.74 Å². The predicted molar refractivity (Wildman–Crippen MR) is 95.2 cm³/mol. The number of aromatic nitrogens is 2. The molecule has 0 amide bonds. The molecule has 3 aromatic rings. The van der Waals surface area contributed by atoms with Crippen LogP contribution in [0.2, 0.25) is 0 Å². The molecule has 0 spiro atoms. The minimum absolute atomic E-state index is 0.00824. The van der Waals surface area contributed by atoms with Crippen LogP contribution < -0.4 is 10.3 Å². The lowest BCUT2D eigenvalue weighted by molar-refractivity contribution is -0.140. The first-order chi connectivity index (χ1) is 13.6. The fourth-order valence-corrected chi connectivity index (χ4v) is 3.07. The summed E-state index contributed by atoms with van der Waals surface area (Å²) in [5.74, 6) is -3.34. The number of hydrogen-bond donors (Lipinski definition) is 0. The third-order valence-corrected chi connectivity index (χ3v) is 4.80. The van der Waals surface area contributed by atoms with Crippen molar-refractivity contribution in [1.82, 2.24) is 9.38 Å². The van der Waals surface area contributed by atoms with Crippen molar-refractivity contribution in [3.63, 3.8) is 0 Å². The van der Waals surface area contributed by atoms with Gasteiger partial charge in [0, 0.05) is 12.6 Å². The van der Waals surface area contributed by atoms with Gasteiger partial charge >= 0.3 is 6.18 Å². The van der Waals surface area contributed by atoms with E-state index in [0.29, 0.717) is 5.56 Å². The molecule has 29 heavy (non-hydrogen) atoms. The highest BCUT2D eigenvalue weighted by Gasteiger charge is 2.57. The molecule has 0 radical (unpaired) electrons. The highest BCUT2D eigenvalue weighted by Crippen LogP contribution is 2.48. The maximum atomic E-state index is 13.6. The maximum absolute atomic E-state index is 13.6. The molecule has 1 aliphatic carbocycles. The van der Waals surface area contributed by atoms with Gasteiger partial charge in [0.2, 0.25) is 0 Å². The number of rotatable bonds is 4. The molecular weight excluding hydrogens is 395 g/mol. The van der Waals surface area contributed by atoms with Crippen molar-refractivity contribution in [2.45, 2.75) is 25.4 Å². The van der Waals surface area contributed by atoms with Gasteiger partial charge < -0.3 is 4.74 Å². The van der Waals surface area contributed by atoms with Crippen LogP contribution in [-0.2, 0) is 6.18 Å². The molecule has 4 rings (SSSR count). The van der Waals surface area contributed by atoms with Crippen molar-refractivity contribution in [3.05, 3.63) is 64.2 Å². The molecule has 0 N–H and O–H groups in total. The second-order valence-electron chi connectivity index (χ2n) is 7.07. The minimum Gasteiger partial charge on any atom is -0.493 e. The summed E-state index contributed by atoms with van der Waals surface area (Å²) in [6, 6.07) is 8.25. The van der Waals surface area contributed by atoms with Crippen LogP contribution >= 0.6 is 0 Å². The molecule has 9 heteroatoms. The van der Waals surface area contributed by atoms with Crippen molar-refractivity contribution in [2.75, 3.05) is 6.61 Å². The number of benzene rings is 1. The standard InChI is InChI=1S/C20H15F5N2O2/c1-11-6-7-27-15(8-11)26-17(20(23,24)25)16(18(27)28)12-2-4-14(5-3-12)29-10-13-9-19(13,21)22/h2-8,13H,9-10H2,1H3. The zero-order valence-electron chi connectivity index (χ0n) is 15.1. The first-order valence-electron chi connectivity index (χ1n) is 8.77. The molecule has 1 saturated carbocycles. The smallest absolute Gasteiger partial charge is 0.434 e. The van der Waals surface area contributed by atoms with Crippen molar-refractivity contribution in [2.24, 2.45) is 5.92 Å². The highest BCUT2D eigenvalue weighted by molar-refractivity contribution is 5.68. The molecule has 0 bridgehead atoms. The quantitative estimate of drug-likeness (QED) is 0.585. The van der Waals surface area contributed by atoms with E-state index < -0.39 is 34.8 Å². The number of fused-ring (bicyclic) bond motifs is 1. The SMILES string of the molecule is Cc1ccn2c(=O)c(-c3ccc(OCC4CC4(F)F)cc3)c(C(F)(F)F)nc2c1. The van der Waals surface area contributed by atoms with Crippen LogP contribution in [0.4, 0.5) is 22.0 Å². The Balaban J connectivity index is 1.73. The third-order valence-electron chi connectivity index (χ3n) is 4.80. The van der Waals surface area contributed by atoms with Crippen molar-refractivity contribution < 1.29 is 26.7 Å². The van der Waals surface area contributed by atoms with Gasteiger partial charge in [0.25, 0.3) is 11.5 Å². The first kappa shape index (κ1) is 19.4. The molecule has 1 fully saturated rings. The first-order valence-corrected chi connectivity index (χ1v) is 8.77. The molecular formula is C20H15F5N2O2. The van der Waals surface area contributed by atoms with Gasteiger partial charge in [-0.05, 0) is 42.3 Å². The fraction of sp³-hybridized carbons (Fsp3) is 0.300. The van der Waals surface area contributed by atoms with Gasteiger partial charge in [-0.2, -0.15) is 13.2 Å². The average molecular weight is 410 g/mol. The van der Waals surface area contributed by atoms with E-state index in [-0.39, 0.29) is 30.0 Å². The second kappa shape index (κ2) is 6.53. The number of aryl methyl sites for hydroxylation is 1. The van der Waals surface area contributed by atoms with Crippen LogP contribution in [0, 0.1) is 12.8 Å². The predicted octanol–water partition coefficient (Wildman–Crippen LogP) is 4.72. The number of halogens is 5. The minimum atomic E-state index is -4.83. The highest BCUT2D eigenvalue weighted by atomic mass is 19.4. The molecule has 0 saturated heterocycles. The van der Waals surface area contributed by atoms with Gasteiger partial charge in [0.05, 0.1) is 18.1 Å². The van der Waals surface area contributed by atoms with Crippen molar-refractivity contribution >= 4 is 5.65 Å². The number of nitrogens with zero attached hydrogens (tertiary/aromatic N) is 2. The molecule has 0 aliphatic heterocycles. The molecule has 1 unspecified atom stereocenters. The van der Waals surface area contributed by atoms with Crippen LogP contribution in [-0.4, -0.2) is 21.9 Å². The van der Waals surface area contributed by atoms with E-state index in [2.05, 4.69) is 4.98 Å². The topological polar surface area (TPSA) is 43.6 Å². The summed E-state index contributed by atoms with van der Waals surface area (Å²) in [5, 5.41) is 0. The van der Waals surface area contributed by atoms with Crippen molar-refractivity contribution in [1.29, 1.82) is 0 Å². The van der Waals surface area contributed by atoms with E-state index in [0.717, 1.165) is 4.40 Å². The molecule has 1 aromatic carbocycles. The lowest BCUT2D eigenvalue weighted by Crippen LogP contribution is -2.24. The maximum Gasteiger partial charge on any atom is 0.434 e. The zero-order chi connectivity index (χ0) is 21.0. The fourth-order valence-electron chi connectivity index (χ4n) is 3.07. The van der Waals surface area contributed by atoms with Crippen LogP contribution in [0.15, 0.2) is 47.4 Å². The number of pyridine rings is 1. The van der Waals surface area contributed by atoms with Gasteiger partial charge in [-0.15, -0.1) is 0 Å². The Morgan fingerprint density at radius 1 is 1.21 bits per heavy atom. The van der Waals surface area contributed by atoms with Crippen LogP contribution in [0.25, 0.3) is 16.8 Å². The van der Waals surface area contributed by atoms with Gasteiger partial charge in [0.15, 0.2) is 5.69 Å². The molecule has 4 nitrogen and oxygen atoms in total. The van der Waals surface area contributed by atoms with E-state index in [1.165, 1.54) is 36.5 Å². The Hall–Kier alpha value is -2.97. The Morgan fingerprint density at radius 3 is 2.45 bits per heavy atom. The summed E-state index contributed by atoms with van der Waals surface area (Å²) in [6.07, 6.45) is -3.70. The van der Waals surface area contributed by atoms with Gasteiger partial charge in [-0.25, -0.2) is 13.8 Å². The zero-order valence-corrected chi connectivity index (χ0v) is 15.1. The van der Waals surface area contributed by atoms with Gasteiger partial charge in [0.1, 0.15) is 11.4 Å². The molecule has 1 aliphatic rings. The van der Waals surface area contributed by atoms with Crippen LogP contribution in [0.3, 0.4) is 0 Å². The number of hydrogen-bond acceptors (Lipinski definition) is 3. The molecule has 2 heterocycles. The van der Waals surface area contributed by atoms with E-state index in [1.807, 2.05) is 0 Å². The Kier molecular flexibility index (Phi) is 4.36. The lowest BCUT2D eigenvalue weighted by Gasteiger charge is -2.14. The largest absolute Gasteiger partial charge is 0.493 e. The summed E-state index contributed by atoms with van der Waals surface area (Å²) in [7, 11) is 0. The van der Waals surface area contributed by atoms with Crippen LogP contribution in [0.1, 0.15) is 17.7 Å². The Bertz CT molecular complexity index is 1140. The third kappa shape index (κ3) is 3.68. The average Bonchev–Trinajstić information content (AvgIpc) is 3.26. The summed E-state index contributed by atoms with van der Waals surface area (Å²) in [4.78, 5) is 16.5. The summed E-state index contributed by atoms with van der Waals surface area (Å²) in [6.45, 7) is 1.50. The van der Waals surface area contributed by atoms with E-state index in [9.17, 15) is 26.7 Å². The Labute approximate surface area is 161 Å². The number of ether oxygens (including phenoxy) is 1. The van der Waals surface area contributed by atoms with Crippen molar-refractivity contribution in [3.8, 4) is 16.9 Å². The number of alkyl halides is 5. The van der Waals surface area contributed by atoms with Crippen LogP contribution in [0.5, 0.6) is 5.75 Å². The Morgan fingerprint density at radius 2 is 1.86 bits per heavy atom. The molecule has 1 atom stereocenters. The van der Waals surface area contributed by atoms with Gasteiger partial charge in [-0.1, -0.05) is 12.1 Å². The summed E-state index contributed by atoms with van der Waals surface area (Å²) in [5.41, 5.74) is -2.14. The monoisotopic (exact) mass is 410 g/mol.